The molecule has 1 aliphatic carbocycles. The van der Waals surface area contributed by atoms with Gasteiger partial charge in [-0.2, -0.15) is 0 Å². The maximum Gasteiger partial charge on any atom is 0.291 e. The third kappa shape index (κ3) is 1.80. The number of aliphatic hydroxyl groups excluding tert-OH is 1. The van der Waals surface area contributed by atoms with E-state index in [4.69, 9.17) is 10.8 Å². The molecule has 17 heavy (non-hydrogen) atoms. The highest BCUT2D eigenvalue weighted by Crippen LogP contribution is 2.51. The monoisotopic (exact) mass is 305 g/mol. The molecule has 0 aromatic heterocycles. The van der Waals surface area contributed by atoms with Crippen LogP contribution in [0, 0.1) is 0 Å². The van der Waals surface area contributed by atoms with Crippen LogP contribution in [-0.4, -0.2) is 23.7 Å². The quantitative estimate of drug-likeness (QED) is 0.823. The minimum atomic E-state index is -3.29. The second-order valence-electron chi connectivity index (χ2n) is 4.38. The van der Waals surface area contributed by atoms with Crippen molar-refractivity contribution in [2.45, 2.75) is 29.1 Å². The zero-order chi connectivity index (χ0) is 12.7. The van der Waals surface area contributed by atoms with E-state index < -0.39 is 22.9 Å². The largest absolute Gasteiger partial charge is 0.390 e. The molecule has 0 saturated carbocycles. The van der Waals surface area contributed by atoms with Crippen LogP contribution >= 0.6 is 15.9 Å². The highest BCUT2D eigenvalue weighted by Gasteiger charge is 2.58. The van der Waals surface area contributed by atoms with Gasteiger partial charge in [-0.05, 0) is 24.0 Å². The van der Waals surface area contributed by atoms with Gasteiger partial charge in [0.05, 0.1) is 0 Å². The highest BCUT2D eigenvalue weighted by atomic mass is 79.9. The summed E-state index contributed by atoms with van der Waals surface area (Å²) in [5.74, 6) is -3.29. The number of hydrogen-bond acceptors (Lipinski definition) is 2. The number of hydrogen-bond donors (Lipinski definition) is 2. The summed E-state index contributed by atoms with van der Waals surface area (Å²) >= 11 is 3.11. The molecule has 1 aliphatic rings. The second-order valence-corrected chi connectivity index (χ2v) is 5.63. The molecule has 5 heteroatoms. The summed E-state index contributed by atoms with van der Waals surface area (Å²) in [6.07, 6.45) is 1.16. The van der Waals surface area contributed by atoms with Crippen LogP contribution < -0.4 is 5.73 Å². The number of aliphatic hydroxyl groups is 1. The Hall–Kier alpha value is -0.520. The first-order valence-corrected chi connectivity index (χ1v) is 6.24. The van der Waals surface area contributed by atoms with Crippen LogP contribution in [0.25, 0.3) is 0 Å². The molecule has 2 nitrogen and oxygen atoms in total. The van der Waals surface area contributed by atoms with Crippen molar-refractivity contribution in [3.8, 4) is 0 Å². The minimum Gasteiger partial charge on any atom is -0.390 e. The number of fused-ring (bicyclic) bond motifs is 1. The Labute approximate surface area is 107 Å². The van der Waals surface area contributed by atoms with Crippen molar-refractivity contribution in [3.63, 3.8) is 0 Å². The molecule has 2 rings (SSSR count). The van der Waals surface area contributed by atoms with Gasteiger partial charge in [0.15, 0.2) is 0 Å². The van der Waals surface area contributed by atoms with Crippen molar-refractivity contribution in [2.75, 3.05) is 6.61 Å². The maximum atomic E-state index is 14.0. The Bertz CT molecular complexity index is 427. The van der Waals surface area contributed by atoms with Crippen LogP contribution in [0.3, 0.4) is 0 Å². The van der Waals surface area contributed by atoms with E-state index >= 15 is 0 Å². The van der Waals surface area contributed by atoms with E-state index in [9.17, 15) is 8.78 Å². The highest BCUT2D eigenvalue weighted by molar-refractivity contribution is 9.09. The molecule has 94 valence electrons. The lowest BCUT2D eigenvalue weighted by Gasteiger charge is -2.43. The zero-order valence-electron chi connectivity index (χ0n) is 9.17. The van der Waals surface area contributed by atoms with Crippen molar-refractivity contribution in [1.29, 1.82) is 0 Å². The molecule has 0 fully saturated rings. The molecule has 1 unspecified atom stereocenters. The van der Waals surface area contributed by atoms with Crippen molar-refractivity contribution in [2.24, 2.45) is 5.73 Å². The van der Waals surface area contributed by atoms with Gasteiger partial charge in [0.2, 0.25) is 0 Å². The van der Waals surface area contributed by atoms with E-state index in [1.54, 1.807) is 12.1 Å². The lowest BCUT2D eigenvalue weighted by molar-refractivity contribution is -0.0906. The molecule has 1 aromatic carbocycles. The van der Waals surface area contributed by atoms with Gasteiger partial charge < -0.3 is 10.8 Å². The van der Waals surface area contributed by atoms with Gasteiger partial charge in [0.1, 0.15) is 10.9 Å². The maximum absolute atomic E-state index is 14.0. The van der Waals surface area contributed by atoms with Crippen molar-refractivity contribution >= 4 is 15.9 Å². The predicted octanol–water partition coefficient (Wildman–Crippen LogP) is 2.18. The third-order valence-corrected chi connectivity index (χ3v) is 4.97. The Morgan fingerprint density at radius 2 is 2.12 bits per heavy atom. The predicted molar refractivity (Wildman–Crippen MR) is 65.4 cm³/mol. The molecular formula is C12H14BrF2NO. The number of rotatable bonds is 2. The van der Waals surface area contributed by atoms with E-state index in [1.807, 2.05) is 12.1 Å². The standard InChI is InChI=1S/C12H14BrF2NO/c13-12(11(14,15)7-17)9-4-2-1-3-8(9)5-6-10(12)16/h1-4,10,17H,5-7,16H2/t10?,12-/m1/s1. The second kappa shape index (κ2) is 4.30. The van der Waals surface area contributed by atoms with Crippen molar-refractivity contribution in [1.82, 2.24) is 0 Å². The number of benzene rings is 1. The summed E-state index contributed by atoms with van der Waals surface area (Å²) in [5.41, 5.74) is 7.20. The minimum absolute atomic E-state index is 0.470. The van der Waals surface area contributed by atoms with Crippen LogP contribution in [-0.2, 0) is 10.7 Å². The lowest BCUT2D eigenvalue weighted by atomic mass is 9.76. The Kier molecular flexibility index (Phi) is 3.27. The van der Waals surface area contributed by atoms with Gasteiger partial charge in [0.25, 0.3) is 5.92 Å². The van der Waals surface area contributed by atoms with E-state index in [-0.39, 0.29) is 0 Å². The summed E-state index contributed by atoms with van der Waals surface area (Å²) < 4.78 is 26.3. The van der Waals surface area contributed by atoms with Crippen molar-refractivity contribution < 1.29 is 13.9 Å². The van der Waals surface area contributed by atoms with Gasteiger partial charge in [0, 0.05) is 6.04 Å². The molecule has 0 spiro atoms. The van der Waals surface area contributed by atoms with Crippen LogP contribution in [0.15, 0.2) is 24.3 Å². The molecule has 0 amide bonds. The van der Waals surface area contributed by atoms with Crippen molar-refractivity contribution in [3.05, 3.63) is 35.4 Å². The fourth-order valence-corrected chi connectivity index (χ4v) is 3.13. The molecule has 1 aromatic rings. The average molecular weight is 306 g/mol. The topological polar surface area (TPSA) is 46.2 Å². The lowest BCUT2D eigenvalue weighted by Crippen LogP contribution is -2.57. The van der Waals surface area contributed by atoms with Crippen LogP contribution in [0.1, 0.15) is 17.5 Å². The molecule has 0 aliphatic heterocycles. The smallest absolute Gasteiger partial charge is 0.291 e. The van der Waals surface area contributed by atoms with E-state index in [2.05, 4.69) is 15.9 Å². The SMILES string of the molecule is NC1CCc2ccccc2[C@]1(Br)C(F)(F)CO. The van der Waals surface area contributed by atoms with Gasteiger partial charge in [-0.1, -0.05) is 40.2 Å². The fraction of sp³-hybridized carbons (Fsp3) is 0.500. The normalized spacial score (nSPS) is 28.9. The summed E-state index contributed by atoms with van der Waals surface area (Å²) in [5, 5.41) is 8.92. The number of alkyl halides is 3. The summed E-state index contributed by atoms with van der Waals surface area (Å²) in [4.78, 5) is 0. The Morgan fingerprint density at radius 1 is 1.47 bits per heavy atom. The molecule has 3 N–H and O–H groups in total. The van der Waals surface area contributed by atoms with Crippen LogP contribution in [0.2, 0.25) is 0 Å². The van der Waals surface area contributed by atoms with Gasteiger partial charge in [-0.3, -0.25) is 0 Å². The van der Waals surface area contributed by atoms with Crippen LogP contribution in [0.5, 0.6) is 0 Å². The molecule has 0 saturated heterocycles. The first-order valence-electron chi connectivity index (χ1n) is 5.45. The summed E-state index contributed by atoms with van der Waals surface area (Å²) in [7, 11) is 0. The summed E-state index contributed by atoms with van der Waals surface area (Å²) in [6, 6.07) is 6.28. The molecular weight excluding hydrogens is 292 g/mol. The van der Waals surface area contributed by atoms with Gasteiger partial charge in [-0.25, -0.2) is 8.78 Å². The molecule has 0 radical (unpaired) electrons. The number of nitrogens with two attached hydrogens (primary N) is 1. The number of aryl methyl sites for hydroxylation is 1. The van der Waals surface area contributed by atoms with E-state index in [0.717, 1.165) is 5.56 Å². The first-order chi connectivity index (χ1) is 7.93. The first kappa shape index (κ1) is 12.9. The number of halogens is 3. The zero-order valence-corrected chi connectivity index (χ0v) is 10.8. The Morgan fingerprint density at radius 3 is 2.76 bits per heavy atom. The van der Waals surface area contributed by atoms with E-state index in [1.165, 1.54) is 0 Å². The molecule has 2 atom stereocenters. The van der Waals surface area contributed by atoms with E-state index in [0.29, 0.717) is 18.4 Å². The van der Waals surface area contributed by atoms with Crippen LogP contribution in [0.4, 0.5) is 8.78 Å². The fourth-order valence-electron chi connectivity index (χ4n) is 2.39. The Balaban J connectivity index is 2.59. The third-order valence-electron chi connectivity index (χ3n) is 3.38. The van der Waals surface area contributed by atoms with Gasteiger partial charge >= 0.3 is 0 Å². The van der Waals surface area contributed by atoms with Gasteiger partial charge in [-0.15, -0.1) is 0 Å². The average Bonchev–Trinajstić information content (AvgIpc) is 2.34. The molecule has 0 heterocycles. The summed E-state index contributed by atoms with van der Waals surface area (Å²) in [6.45, 7) is -1.22. The molecule has 0 bridgehead atoms.